The van der Waals surface area contributed by atoms with E-state index in [-0.39, 0.29) is 28.8 Å². The Hall–Kier alpha value is -4.65. The first kappa shape index (κ1) is 23.5. The van der Waals surface area contributed by atoms with Crippen LogP contribution in [0.2, 0.25) is 0 Å². The normalized spacial score (nSPS) is 10.8. The van der Waals surface area contributed by atoms with Crippen molar-refractivity contribution in [2.24, 2.45) is 0 Å². The third kappa shape index (κ3) is 4.99. The van der Waals surface area contributed by atoms with Gasteiger partial charge >= 0.3 is 5.97 Å². The summed E-state index contributed by atoms with van der Waals surface area (Å²) in [6.45, 7) is 0. The summed E-state index contributed by atoms with van der Waals surface area (Å²) in [6, 6.07) is 10.4. The van der Waals surface area contributed by atoms with Crippen molar-refractivity contribution in [2.45, 2.75) is 6.42 Å². The lowest BCUT2D eigenvalue weighted by atomic mass is 10.1. The molecule has 2 aromatic heterocycles. The topological polar surface area (TPSA) is 177 Å². The second-order valence-electron chi connectivity index (χ2n) is 7.32. The monoisotopic (exact) mass is 539 g/mol. The number of halogens is 1. The number of carbonyl (C=O) groups excluding carboxylic acids is 1. The summed E-state index contributed by atoms with van der Waals surface area (Å²) >= 11 is 3.31. The van der Waals surface area contributed by atoms with Crippen molar-refractivity contribution >= 4 is 50.2 Å². The Bertz CT molecular complexity index is 1630. The molecule has 0 radical (unpaired) electrons. The van der Waals surface area contributed by atoms with E-state index in [1.54, 1.807) is 24.3 Å². The molecule has 0 unspecified atom stereocenters. The summed E-state index contributed by atoms with van der Waals surface area (Å²) in [5.41, 5.74) is -2.31. The number of carboxylic acids is 1. The molecule has 3 N–H and O–H groups in total. The van der Waals surface area contributed by atoms with Crippen LogP contribution in [-0.2, 0) is 11.2 Å². The molecule has 2 heterocycles. The summed E-state index contributed by atoms with van der Waals surface area (Å²) in [5.74, 6) is -2.03. The second kappa shape index (κ2) is 9.30. The molecule has 13 heteroatoms. The number of carboxylic acid groups (broad SMARTS) is 1. The summed E-state index contributed by atoms with van der Waals surface area (Å²) in [6.07, 6.45) is 2.46. The third-order valence-electron chi connectivity index (χ3n) is 4.94. The van der Waals surface area contributed by atoms with Gasteiger partial charge in [-0.05, 0) is 23.8 Å². The Morgan fingerprint density at radius 3 is 2.54 bits per heavy atom. The number of nitro groups is 1. The number of fused-ring (bicyclic) bond motifs is 1. The van der Waals surface area contributed by atoms with Crippen LogP contribution in [-0.4, -0.2) is 36.4 Å². The number of pyridine rings is 1. The van der Waals surface area contributed by atoms with Gasteiger partial charge in [0.15, 0.2) is 0 Å². The number of nitrogens with one attached hydrogen (secondary N) is 2. The van der Waals surface area contributed by atoms with Crippen LogP contribution in [0.15, 0.2) is 68.9 Å². The number of nitro benzene ring substituents is 1. The highest BCUT2D eigenvalue weighted by Crippen LogP contribution is 2.27. The molecule has 2 aromatic carbocycles. The maximum absolute atomic E-state index is 12.5. The highest BCUT2D eigenvalue weighted by atomic mass is 79.9. The zero-order chi connectivity index (χ0) is 25.3. The Kier molecular flexibility index (Phi) is 6.25. The molecule has 4 aromatic rings. The fraction of sp³-hybridized carbons (Fsp3) is 0.0455. The quantitative estimate of drug-likeness (QED) is 0.247. The number of carbonyl (C=O) groups is 2. The van der Waals surface area contributed by atoms with E-state index in [9.17, 15) is 29.3 Å². The Morgan fingerprint density at radius 2 is 1.89 bits per heavy atom. The van der Waals surface area contributed by atoms with Crippen molar-refractivity contribution in [1.29, 1.82) is 0 Å². The van der Waals surface area contributed by atoms with Gasteiger partial charge in [-0.1, -0.05) is 28.1 Å². The smallest absolute Gasteiger partial charge is 0.360 e. The Morgan fingerprint density at radius 1 is 1.17 bits per heavy atom. The zero-order valence-electron chi connectivity index (χ0n) is 17.5. The molecule has 35 heavy (non-hydrogen) atoms. The molecule has 0 bridgehead atoms. The molecule has 0 aliphatic carbocycles. The van der Waals surface area contributed by atoms with Crippen LogP contribution < -0.4 is 16.3 Å². The van der Waals surface area contributed by atoms with Gasteiger partial charge in [0, 0.05) is 29.0 Å². The first-order chi connectivity index (χ1) is 16.6. The summed E-state index contributed by atoms with van der Waals surface area (Å²) in [4.78, 5) is 65.0. The molecular weight excluding hydrogens is 526 g/mol. The maximum Gasteiger partial charge on any atom is 0.360 e. The molecular formula is C22H14BrN5O7. The molecule has 12 nitrogen and oxygen atoms in total. The van der Waals surface area contributed by atoms with E-state index in [0.717, 1.165) is 16.6 Å². The molecule has 0 aliphatic rings. The Labute approximate surface area is 203 Å². The standard InChI is InChI=1S/C22H14BrN5O7/c23-12-3-1-11(2-4-12)7-19(30)24-15-10-27(6-5-18(15)29)16-8-13-14(9-17(16)28(34)35)26-21(31)20(25-13)22(32)33/h1-6,8-10H,7H2,(H,24,30)(H,26,31)(H,32,33). The van der Waals surface area contributed by atoms with E-state index in [2.05, 4.69) is 31.2 Å². The van der Waals surface area contributed by atoms with Crippen LogP contribution in [0.25, 0.3) is 16.7 Å². The van der Waals surface area contributed by atoms with Crippen LogP contribution in [0.5, 0.6) is 0 Å². The molecule has 0 aliphatic heterocycles. The summed E-state index contributed by atoms with van der Waals surface area (Å²) in [5, 5.41) is 23.4. The van der Waals surface area contributed by atoms with Crippen molar-refractivity contribution in [3.63, 3.8) is 0 Å². The number of benzene rings is 2. The first-order valence-corrected chi connectivity index (χ1v) is 10.6. The molecule has 0 saturated heterocycles. The molecule has 1 amide bonds. The van der Waals surface area contributed by atoms with Gasteiger partial charge in [0.1, 0.15) is 11.4 Å². The van der Waals surface area contributed by atoms with E-state index in [1.807, 2.05) is 0 Å². The molecule has 0 saturated carbocycles. The van der Waals surface area contributed by atoms with Crippen LogP contribution in [0.4, 0.5) is 11.4 Å². The zero-order valence-corrected chi connectivity index (χ0v) is 19.1. The van der Waals surface area contributed by atoms with Crippen molar-refractivity contribution in [1.82, 2.24) is 14.5 Å². The summed E-state index contributed by atoms with van der Waals surface area (Å²) < 4.78 is 2.07. The molecule has 0 fully saturated rings. The highest BCUT2D eigenvalue weighted by Gasteiger charge is 2.20. The number of nitrogens with zero attached hydrogens (tertiary/aromatic N) is 3. The van der Waals surface area contributed by atoms with Gasteiger partial charge in [0.2, 0.25) is 17.0 Å². The number of hydrogen-bond donors (Lipinski definition) is 3. The number of aromatic nitrogens is 3. The van der Waals surface area contributed by atoms with Crippen LogP contribution in [0.3, 0.4) is 0 Å². The fourth-order valence-corrected chi connectivity index (χ4v) is 3.58. The van der Waals surface area contributed by atoms with Crippen LogP contribution in [0.1, 0.15) is 16.1 Å². The van der Waals surface area contributed by atoms with Gasteiger partial charge in [-0.15, -0.1) is 0 Å². The molecule has 0 spiro atoms. The number of amides is 1. The molecule has 0 atom stereocenters. The van der Waals surface area contributed by atoms with Gasteiger partial charge in [-0.2, -0.15) is 0 Å². The lowest BCUT2D eigenvalue weighted by Crippen LogP contribution is -2.21. The van der Waals surface area contributed by atoms with E-state index in [4.69, 9.17) is 5.11 Å². The second-order valence-corrected chi connectivity index (χ2v) is 8.23. The van der Waals surface area contributed by atoms with Crippen LogP contribution in [0, 0.1) is 10.1 Å². The lowest BCUT2D eigenvalue weighted by molar-refractivity contribution is -0.384. The van der Waals surface area contributed by atoms with Gasteiger partial charge in [0.05, 0.1) is 22.4 Å². The third-order valence-corrected chi connectivity index (χ3v) is 5.47. The lowest BCUT2D eigenvalue weighted by Gasteiger charge is -2.11. The van der Waals surface area contributed by atoms with Crippen molar-refractivity contribution in [3.8, 4) is 5.69 Å². The number of anilines is 1. The van der Waals surface area contributed by atoms with E-state index < -0.39 is 39.2 Å². The fourth-order valence-electron chi connectivity index (χ4n) is 3.32. The average Bonchev–Trinajstić information content (AvgIpc) is 2.80. The predicted octanol–water partition coefficient (Wildman–Crippen LogP) is 2.62. The van der Waals surface area contributed by atoms with E-state index >= 15 is 0 Å². The van der Waals surface area contributed by atoms with Gasteiger partial charge in [-0.3, -0.25) is 24.5 Å². The van der Waals surface area contributed by atoms with Crippen LogP contribution >= 0.6 is 15.9 Å². The number of rotatable bonds is 6. The number of H-pyrrole nitrogens is 1. The van der Waals surface area contributed by atoms with Crippen molar-refractivity contribution in [3.05, 3.63) is 101 Å². The minimum Gasteiger partial charge on any atom is -0.476 e. The minimum atomic E-state index is -1.56. The van der Waals surface area contributed by atoms with Gasteiger partial charge in [0.25, 0.3) is 11.2 Å². The maximum atomic E-state index is 12.5. The SMILES string of the molecule is O=C(Cc1ccc(Br)cc1)Nc1cn(-c2cc3nc(C(=O)O)c(=O)[nH]c3cc2[N+](=O)[O-])ccc1=O. The van der Waals surface area contributed by atoms with E-state index in [0.29, 0.717) is 5.56 Å². The largest absolute Gasteiger partial charge is 0.476 e. The molecule has 176 valence electrons. The highest BCUT2D eigenvalue weighted by molar-refractivity contribution is 9.10. The number of hydrogen-bond acceptors (Lipinski definition) is 7. The van der Waals surface area contributed by atoms with Crippen molar-refractivity contribution < 1.29 is 19.6 Å². The Balaban J connectivity index is 1.75. The van der Waals surface area contributed by atoms with Gasteiger partial charge < -0.3 is 20.0 Å². The van der Waals surface area contributed by atoms with Gasteiger partial charge in [-0.25, -0.2) is 9.78 Å². The molecule has 4 rings (SSSR count). The van der Waals surface area contributed by atoms with Crippen molar-refractivity contribution in [2.75, 3.05) is 5.32 Å². The van der Waals surface area contributed by atoms with E-state index in [1.165, 1.54) is 23.0 Å². The minimum absolute atomic E-state index is 0.00696. The summed E-state index contributed by atoms with van der Waals surface area (Å²) in [7, 11) is 0. The number of aromatic carboxylic acids is 1. The number of aromatic amines is 1. The first-order valence-electron chi connectivity index (χ1n) is 9.85. The average molecular weight is 540 g/mol. The predicted molar refractivity (Wildman–Crippen MR) is 128 cm³/mol.